The van der Waals surface area contributed by atoms with Crippen molar-refractivity contribution in [2.75, 3.05) is 13.1 Å². The smallest absolute Gasteiger partial charge is 0.0595 e. The largest absolute Gasteiger partial charge is 0.311 e. The second-order valence-electron chi connectivity index (χ2n) is 4.85. The third-order valence-electron chi connectivity index (χ3n) is 3.10. The molecule has 0 radical (unpaired) electrons. The highest BCUT2D eigenvalue weighted by atomic mass is 35.5. The predicted octanol–water partition coefficient (Wildman–Crippen LogP) is 5.18. The Morgan fingerprint density at radius 1 is 0.591 bits per heavy atom. The summed E-state index contributed by atoms with van der Waals surface area (Å²) in [5, 5.41) is 9.01. The first kappa shape index (κ1) is 17.9. The van der Waals surface area contributed by atoms with Crippen LogP contribution in [0.4, 0.5) is 0 Å². The minimum absolute atomic E-state index is 0.578. The normalized spacial score (nSPS) is 10.9. The van der Waals surface area contributed by atoms with Gasteiger partial charge in [-0.05, 0) is 35.4 Å². The van der Waals surface area contributed by atoms with Gasteiger partial charge in [0.15, 0.2) is 0 Å². The topological polar surface area (TPSA) is 24.1 Å². The molecular formula is C16H16Cl4N2. The summed E-state index contributed by atoms with van der Waals surface area (Å²) in [4.78, 5) is 0. The second-order valence-corrected chi connectivity index (χ2v) is 6.48. The van der Waals surface area contributed by atoms with Crippen LogP contribution in [0.5, 0.6) is 0 Å². The van der Waals surface area contributed by atoms with E-state index in [1.165, 1.54) is 0 Å². The van der Waals surface area contributed by atoms with Gasteiger partial charge in [0.1, 0.15) is 0 Å². The highest BCUT2D eigenvalue weighted by Gasteiger charge is 2.00. The molecule has 6 heteroatoms. The van der Waals surface area contributed by atoms with Crippen LogP contribution in [0, 0.1) is 0 Å². The second kappa shape index (κ2) is 8.97. The SMILES string of the molecule is Clc1ccc(CNCCNCc2ccc(Cl)c(Cl)c2)cc1Cl. The van der Waals surface area contributed by atoms with Gasteiger partial charge in [-0.25, -0.2) is 0 Å². The maximum absolute atomic E-state index is 5.98. The van der Waals surface area contributed by atoms with Crippen LogP contribution in [0.2, 0.25) is 20.1 Å². The first-order valence-electron chi connectivity index (χ1n) is 6.85. The Labute approximate surface area is 150 Å². The fourth-order valence-electron chi connectivity index (χ4n) is 1.94. The Morgan fingerprint density at radius 2 is 1.00 bits per heavy atom. The van der Waals surface area contributed by atoms with Crippen molar-refractivity contribution in [2.24, 2.45) is 0 Å². The van der Waals surface area contributed by atoms with Crippen molar-refractivity contribution in [3.63, 3.8) is 0 Å². The van der Waals surface area contributed by atoms with E-state index in [4.69, 9.17) is 46.4 Å². The van der Waals surface area contributed by atoms with Gasteiger partial charge < -0.3 is 10.6 Å². The van der Waals surface area contributed by atoms with Crippen molar-refractivity contribution >= 4 is 46.4 Å². The van der Waals surface area contributed by atoms with Crippen LogP contribution in [0.1, 0.15) is 11.1 Å². The fraction of sp³-hybridized carbons (Fsp3) is 0.250. The number of rotatable bonds is 7. The van der Waals surface area contributed by atoms with Gasteiger partial charge in [0.25, 0.3) is 0 Å². The summed E-state index contributed by atoms with van der Waals surface area (Å²) in [6.07, 6.45) is 0. The van der Waals surface area contributed by atoms with E-state index < -0.39 is 0 Å². The molecule has 0 saturated heterocycles. The van der Waals surface area contributed by atoms with Crippen molar-refractivity contribution in [3.8, 4) is 0 Å². The van der Waals surface area contributed by atoms with Crippen LogP contribution in [0.15, 0.2) is 36.4 Å². The first-order valence-corrected chi connectivity index (χ1v) is 8.37. The van der Waals surface area contributed by atoms with E-state index in [2.05, 4.69) is 10.6 Å². The van der Waals surface area contributed by atoms with E-state index in [1.54, 1.807) is 0 Å². The van der Waals surface area contributed by atoms with Gasteiger partial charge >= 0.3 is 0 Å². The first-order chi connectivity index (χ1) is 10.6. The molecular weight excluding hydrogens is 362 g/mol. The zero-order valence-corrected chi connectivity index (χ0v) is 14.8. The summed E-state index contributed by atoms with van der Waals surface area (Å²) in [6.45, 7) is 3.21. The molecule has 2 aromatic carbocycles. The molecule has 0 bridgehead atoms. The molecule has 0 atom stereocenters. The van der Waals surface area contributed by atoms with Gasteiger partial charge in [-0.3, -0.25) is 0 Å². The predicted molar refractivity (Wildman–Crippen MR) is 96.3 cm³/mol. The standard InChI is InChI=1S/C16H16Cl4N2/c17-13-3-1-11(7-15(13)19)9-21-5-6-22-10-12-2-4-14(18)16(20)8-12/h1-4,7-8,21-22H,5-6,9-10H2. The molecule has 0 unspecified atom stereocenters. The van der Waals surface area contributed by atoms with E-state index in [0.29, 0.717) is 20.1 Å². The maximum Gasteiger partial charge on any atom is 0.0595 e. The highest BCUT2D eigenvalue weighted by molar-refractivity contribution is 6.42. The molecule has 0 aliphatic heterocycles. The molecule has 118 valence electrons. The minimum Gasteiger partial charge on any atom is -0.311 e. The molecule has 0 aliphatic rings. The van der Waals surface area contributed by atoms with Crippen LogP contribution in [0.25, 0.3) is 0 Å². The average molecular weight is 378 g/mol. The van der Waals surface area contributed by atoms with Crippen LogP contribution < -0.4 is 10.6 Å². The highest BCUT2D eigenvalue weighted by Crippen LogP contribution is 2.23. The number of halogens is 4. The molecule has 0 spiro atoms. The molecule has 2 rings (SSSR count). The summed E-state index contributed by atoms with van der Waals surface area (Å²) in [6, 6.07) is 11.3. The van der Waals surface area contributed by atoms with Crippen LogP contribution in [-0.4, -0.2) is 13.1 Å². The Kier molecular flexibility index (Phi) is 7.29. The van der Waals surface area contributed by atoms with Crippen molar-refractivity contribution in [1.29, 1.82) is 0 Å². The summed E-state index contributed by atoms with van der Waals surface area (Å²) < 4.78 is 0. The van der Waals surface area contributed by atoms with Crippen LogP contribution in [-0.2, 0) is 13.1 Å². The molecule has 2 aromatic rings. The number of hydrogen-bond donors (Lipinski definition) is 2. The molecule has 0 fully saturated rings. The Morgan fingerprint density at radius 3 is 1.36 bits per heavy atom. The van der Waals surface area contributed by atoms with Crippen LogP contribution in [0.3, 0.4) is 0 Å². The van der Waals surface area contributed by atoms with Gasteiger partial charge in [-0.2, -0.15) is 0 Å². The lowest BCUT2D eigenvalue weighted by Gasteiger charge is -2.08. The Hall–Kier alpha value is -0.480. The number of hydrogen-bond acceptors (Lipinski definition) is 2. The van der Waals surface area contributed by atoms with Crippen molar-refractivity contribution in [1.82, 2.24) is 10.6 Å². The lowest BCUT2D eigenvalue weighted by molar-refractivity contribution is 0.611. The molecule has 0 aliphatic carbocycles. The van der Waals surface area contributed by atoms with E-state index in [9.17, 15) is 0 Å². The molecule has 0 heterocycles. The van der Waals surface area contributed by atoms with Gasteiger partial charge in [-0.15, -0.1) is 0 Å². The molecule has 0 saturated carbocycles. The third-order valence-corrected chi connectivity index (χ3v) is 4.58. The Balaban J connectivity index is 1.65. The fourth-order valence-corrected chi connectivity index (χ4v) is 2.58. The molecule has 0 aromatic heterocycles. The number of benzene rings is 2. The Bertz CT molecular complexity index is 576. The van der Waals surface area contributed by atoms with E-state index >= 15 is 0 Å². The summed E-state index contributed by atoms with van der Waals surface area (Å²) in [7, 11) is 0. The van der Waals surface area contributed by atoms with Crippen molar-refractivity contribution < 1.29 is 0 Å². The summed E-state index contributed by atoms with van der Waals surface area (Å²) in [5.74, 6) is 0. The van der Waals surface area contributed by atoms with Crippen molar-refractivity contribution in [3.05, 3.63) is 67.6 Å². The van der Waals surface area contributed by atoms with Crippen molar-refractivity contribution in [2.45, 2.75) is 13.1 Å². The average Bonchev–Trinajstić information content (AvgIpc) is 2.50. The molecule has 22 heavy (non-hydrogen) atoms. The zero-order chi connectivity index (χ0) is 15.9. The quantitative estimate of drug-likeness (QED) is 0.649. The summed E-state index contributed by atoms with van der Waals surface area (Å²) >= 11 is 23.7. The molecule has 2 N–H and O–H groups in total. The monoisotopic (exact) mass is 376 g/mol. The van der Waals surface area contributed by atoms with Gasteiger partial charge in [-0.1, -0.05) is 58.5 Å². The molecule has 2 nitrogen and oxygen atoms in total. The van der Waals surface area contributed by atoms with Gasteiger partial charge in [0, 0.05) is 26.2 Å². The maximum atomic E-state index is 5.98. The lowest BCUT2D eigenvalue weighted by atomic mass is 10.2. The minimum atomic E-state index is 0.578. The van der Waals surface area contributed by atoms with E-state index in [0.717, 1.165) is 37.3 Å². The van der Waals surface area contributed by atoms with E-state index in [-0.39, 0.29) is 0 Å². The lowest BCUT2D eigenvalue weighted by Crippen LogP contribution is -2.26. The molecule has 0 amide bonds. The summed E-state index contributed by atoms with van der Waals surface area (Å²) in [5.41, 5.74) is 2.22. The van der Waals surface area contributed by atoms with Crippen LogP contribution >= 0.6 is 46.4 Å². The number of nitrogens with one attached hydrogen (secondary N) is 2. The van der Waals surface area contributed by atoms with Gasteiger partial charge in [0.2, 0.25) is 0 Å². The van der Waals surface area contributed by atoms with Gasteiger partial charge in [0.05, 0.1) is 20.1 Å². The van der Waals surface area contributed by atoms with E-state index in [1.807, 2.05) is 36.4 Å². The third kappa shape index (κ3) is 5.62. The zero-order valence-electron chi connectivity index (χ0n) is 11.8.